The lowest BCUT2D eigenvalue weighted by Gasteiger charge is -2.17. The lowest BCUT2D eigenvalue weighted by atomic mass is 10.2. The van der Waals surface area contributed by atoms with Crippen molar-refractivity contribution in [3.05, 3.63) is 53.9 Å². The molecule has 120 valence electrons. The smallest absolute Gasteiger partial charge is 0.218 e. The average Bonchev–Trinajstić information content (AvgIpc) is 3.03. The Bertz CT molecular complexity index is 894. The number of likely N-dealkylation sites (N-methyl/N-ethyl adjacent to an activating group) is 1. The van der Waals surface area contributed by atoms with Crippen LogP contribution in [0.2, 0.25) is 0 Å². The predicted octanol–water partition coefficient (Wildman–Crippen LogP) is 2.09. The van der Waals surface area contributed by atoms with Crippen LogP contribution >= 0.6 is 11.7 Å². The molecule has 3 rings (SSSR count). The number of benzene rings is 1. The fourth-order valence-corrected chi connectivity index (χ4v) is 4.03. The van der Waals surface area contributed by atoms with E-state index < -0.39 is 10.0 Å². The molecule has 0 saturated heterocycles. The van der Waals surface area contributed by atoms with Gasteiger partial charge < -0.3 is 0 Å². The summed E-state index contributed by atoms with van der Waals surface area (Å²) in [5.41, 5.74) is 2.96. The molecular weight excluding hydrogens is 332 g/mol. The van der Waals surface area contributed by atoms with E-state index in [9.17, 15) is 8.42 Å². The average molecular weight is 348 g/mol. The number of fused-ring (bicyclic) bond motifs is 1. The fraction of sp³-hybridized carbons (Fsp3) is 0.267. The second kappa shape index (κ2) is 6.69. The standard InChI is InChI=1S/C15H16N4O2S2/c1-19(10-8-13-6-2-3-9-16-13)23(20,21)11-12-5-4-7-14-15(12)18-22-17-14/h2-7,9H,8,10-11H2,1H3. The van der Waals surface area contributed by atoms with Gasteiger partial charge in [-0.3, -0.25) is 4.98 Å². The zero-order valence-electron chi connectivity index (χ0n) is 12.6. The van der Waals surface area contributed by atoms with Crippen LogP contribution in [-0.4, -0.2) is 40.0 Å². The normalized spacial score (nSPS) is 12.1. The van der Waals surface area contributed by atoms with Gasteiger partial charge in [0.05, 0.1) is 17.5 Å². The summed E-state index contributed by atoms with van der Waals surface area (Å²) < 4.78 is 34.8. The van der Waals surface area contributed by atoms with Crippen LogP contribution in [0.5, 0.6) is 0 Å². The number of rotatable bonds is 6. The fourth-order valence-electron chi connectivity index (χ4n) is 2.24. The van der Waals surface area contributed by atoms with Crippen LogP contribution < -0.4 is 0 Å². The SMILES string of the molecule is CN(CCc1ccccn1)S(=O)(=O)Cc1cccc2nsnc12. The van der Waals surface area contributed by atoms with Gasteiger partial charge in [0.15, 0.2) is 0 Å². The molecule has 0 aliphatic carbocycles. The van der Waals surface area contributed by atoms with E-state index in [0.29, 0.717) is 24.0 Å². The summed E-state index contributed by atoms with van der Waals surface area (Å²) in [4.78, 5) is 4.21. The highest BCUT2D eigenvalue weighted by atomic mass is 32.2. The van der Waals surface area contributed by atoms with Crippen LogP contribution in [0, 0.1) is 0 Å². The molecule has 0 aliphatic heterocycles. The van der Waals surface area contributed by atoms with E-state index >= 15 is 0 Å². The number of pyridine rings is 1. The third-order valence-electron chi connectivity index (χ3n) is 3.59. The molecule has 0 spiro atoms. The molecule has 0 aliphatic rings. The maximum Gasteiger partial charge on any atom is 0.218 e. The summed E-state index contributed by atoms with van der Waals surface area (Å²) in [6, 6.07) is 11.1. The van der Waals surface area contributed by atoms with Gasteiger partial charge in [0.1, 0.15) is 11.0 Å². The topological polar surface area (TPSA) is 76.1 Å². The number of aromatic nitrogens is 3. The van der Waals surface area contributed by atoms with Crippen LogP contribution in [0.4, 0.5) is 0 Å². The molecule has 0 bridgehead atoms. The molecule has 0 unspecified atom stereocenters. The molecule has 8 heteroatoms. The quantitative estimate of drug-likeness (QED) is 0.682. The van der Waals surface area contributed by atoms with Crippen molar-refractivity contribution >= 4 is 32.8 Å². The van der Waals surface area contributed by atoms with Crippen LogP contribution in [0.25, 0.3) is 11.0 Å². The van der Waals surface area contributed by atoms with E-state index in [1.165, 1.54) is 4.31 Å². The summed E-state index contributed by atoms with van der Waals surface area (Å²) in [5, 5.41) is 0. The van der Waals surface area contributed by atoms with Crippen molar-refractivity contribution in [3.63, 3.8) is 0 Å². The van der Waals surface area contributed by atoms with Gasteiger partial charge in [0, 0.05) is 31.9 Å². The first-order valence-corrected chi connectivity index (χ1v) is 9.44. The second-order valence-corrected chi connectivity index (χ2v) is 7.80. The molecule has 1 aromatic carbocycles. The Kier molecular flexibility index (Phi) is 4.65. The summed E-state index contributed by atoms with van der Waals surface area (Å²) in [5.74, 6) is -0.0749. The molecular formula is C15H16N4O2S2. The Morgan fingerprint density at radius 3 is 2.78 bits per heavy atom. The minimum Gasteiger partial charge on any atom is -0.261 e. The zero-order valence-corrected chi connectivity index (χ0v) is 14.2. The van der Waals surface area contributed by atoms with Crippen molar-refractivity contribution in [2.75, 3.05) is 13.6 Å². The van der Waals surface area contributed by atoms with Gasteiger partial charge in [-0.25, -0.2) is 12.7 Å². The van der Waals surface area contributed by atoms with Crippen LogP contribution in [0.1, 0.15) is 11.3 Å². The first-order chi connectivity index (χ1) is 11.1. The minimum absolute atomic E-state index is 0.0749. The van der Waals surface area contributed by atoms with Crippen molar-refractivity contribution in [1.29, 1.82) is 0 Å². The first kappa shape index (κ1) is 16.0. The lowest BCUT2D eigenvalue weighted by Crippen LogP contribution is -2.30. The highest BCUT2D eigenvalue weighted by Crippen LogP contribution is 2.19. The largest absolute Gasteiger partial charge is 0.261 e. The maximum absolute atomic E-state index is 12.5. The third kappa shape index (κ3) is 3.72. The summed E-state index contributed by atoms with van der Waals surface area (Å²) >= 11 is 1.09. The van der Waals surface area contributed by atoms with E-state index in [0.717, 1.165) is 22.9 Å². The number of hydrogen-bond donors (Lipinski definition) is 0. The highest BCUT2D eigenvalue weighted by Gasteiger charge is 2.20. The zero-order chi connectivity index (χ0) is 16.3. The highest BCUT2D eigenvalue weighted by molar-refractivity contribution is 7.88. The van der Waals surface area contributed by atoms with Gasteiger partial charge in [0.25, 0.3) is 0 Å². The van der Waals surface area contributed by atoms with E-state index in [1.54, 1.807) is 19.3 Å². The minimum atomic E-state index is -3.41. The molecule has 2 aromatic heterocycles. The first-order valence-electron chi connectivity index (χ1n) is 7.10. The predicted molar refractivity (Wildman–Crippen MR) is 90.6 cm³/mol. The summed E-state index contributed by atoms with van der Waals surface area (Å²) in [6.07, 6.45) is 2.29. The van der Waals surface area contributed by atoms with Crippen LogP contribution in [-0.2, 0) is 22.2 Å². The Hall–Kier alpha value is -1.90. The number of nitrogens with zero attached hydrogens (tertiary/aromatic N) is 4. The third-order valence-corrected chi connectivity index (χ3v) is 5.94. The molecule has 23 heavy (non-hydrogen) atoms. The van der Waals surface area contributed by atoms with Crippen molar-refractivity contribution in [1.82, 2.24) is 18.0 Å². The molecule has 0 amide bonds. The van der Waals surface area contributed by atoms with Crippen LogP contribution in [0.15, 0.2) is 42.6 Å². The summed E-state index contributed by atoms with van der Waals surface area (Å²) in [6.45, 7) is 0.393. The maximum atomic E-state index is 12.5. The molecule has 3 aromatic rings. The van der Waals surface area contributed by atoms with E-state index in [1.807, 2.05) is 30.3 Å². The lowest BCUT2D eigenvalue weighted by molar-refractivity contribution is 0.470. The van der Waals surface area contributed by atoms with Gasteiger partial charge >= 0.3 is 0 Å². The molecule has 0 saturated carbocycles. The van der Waals surface area contributed by atoms with E-state index in [2.05, 4.69) is 13.7 Å². The molecule has 0 N–H and O–H groups in total. The van der Waals surface area contributed by atoms with Crippen molar-refractivity contribution in [2.24, 2.45) is 0 Å². The van der Waals surface area contributed by atoms with Gasteiger partial charge in [-0.1, -0.05) is 18.2 Å². The Morgan fingerprint density at radius 2 is 2.00 bits per heavy atom. The van der Waals surface area contributed by atoms with Crippen LogP contribution in [0.3, 0.4) is 0 Å². The Labute approximate surface area is 139 Å². The second-order valence-electron chi connectivity index (χ2n) is 5.20. The monoisotopic (exact) mass is 348 g/mol. The number of hydrogen-bond acceptors (Lipinski definition) is 6. The molecule has 0 radical (unpaired) electrons. The van der Waals surface area contributed by atoms with Gasteiger partial charge in [0.2, 0.25) is 10.0 Å². The van der Waals surface area contributed by atoms with Crippen molar-refractivity contribution in [2.45, 2.75) is 12.2 Å². The van der Waals surface area contributed by atoms with Gasteiger partial charge in [-0.15, -0.1) is 0 Å². The number of sulfonamides is 1. The Balaban J connectivity index is 1.72. The Morgan fingerprint density at radius 1 is 1.13 bits per heavy atom. The van der Waals surface area contributed by atoms with Gasteiger partial charge in [-0.05, 0) is 23.8 Å². The molecule has 6 nitrogen and oxygen atoms in total. The van der Waals surface area contributed by atoms with E-state index in [-0.39, 0.29) is 5.75 Å². The molecule has 2 heterocycles. The molecule has 0 atom stereocenters. The van der Waals surface area contributed by atoms with Crippen molar-refractivity contribution in [3.8, 4) is 0 Å². The molecule has 0 fully saturated rings. The van der Waals surface area contributed by atoms with Crippen molar-refractivity contribution < 1.29 is 8.42 Å². The summed E-state index contributed by atoms with van der Waals surface area (Å²) in [7, 11) is -1.82. The van der Waals surface area contributed by atoms with Gasteiger partial charge in [-0.2, -0.15) is 8.75 Å². The van der Waals surface area contributed by atoms with E-state index in [4.69, 9.17) is 0 Å².